The van der Waals surface area contributed by atoms with Crippen molar-refractivity contribution >= 4 is 16.7 Å². The summed E-state index contributed by atoms with van der Waals surface area (Å²) >= 11 is 0. The largest absolute Gasteiger partial charge is 0.377 e. The zero-order valence-corrected chi connectivity index (χ0v) is 11.8. The maximum absolute atomic E-state index is 9.43. The van der Waals surface area contributed by atoms with Crippen LogP contribution in [0.1, 0.15) is 19.4 Å². The van der Waals surface area contributed by atoms with Crippen molar-refractivity contribution in [3.63, 3.8) is 0 Å². The monoisotopic (exact) mass is 267 g/mol. The molecule has 0 saturated carbocycles. The van der Waals surface area contributed by atoms with E-state index >= 15 is 0 Å². The molecule has 4 heteroatoms. The predicted octanol–water partition coefficient (Wildman–Crippen LogP) is 2.72. The van der Waals surface area contributed by atoms with E-state index in [4.69, 9.17) is 9.72 Å². The number of pyridine rings is 1. The lowest BCUT2D eigenvalue weighted by Gasteiger charge is -2.43. The topological polar surface area (TPSA) is 49.1 Å². The quantitative estimate of drug-likeness (QED) is 0.797. The molecule has 0 bridgehead atoms. The molecule has 1 aliphatic heterocycles. The molecule has 0 aliphatic carbocycles. The van der Waals surface area contributed by atoms with Gasteiger partial charge in [-0.3, -0.25) is 0 Å². The van der Waals surface area contributed by atoms with Gasteiger partial charge in [-0.25, -0.2) is 4.98 Å². The Bertz CT molecular complexity index is 688. The van der Waals surface area contributed by atoms with Crippen LogP contribution in [0.25, 0.3) is 10.9 Å². The number of hydrogen-bond acceptors (Lipinski definition) is 4. The summed E-state index contributed by atoms with van der Waals surface area (Å²) in [5.74, 6) is 0.763. The van der Waals surface area contributed by atoms with E-state index in [2.05, 4.69) is 24.8 Å². The lowest BCUT2D eigenvalue weighted by Crippen LogP contribution is -2.53. The third-order valence-electron chi connectivity index (χ3n) is 3.73. The minimum absolute atomic E-state index is 0.153. The van der Waals surface area contributed by atoms with Crippen molar-refractivity contribution < 1.29 is 4.74 Å². The molecule has 2 heterocycles. The van der Waals surface area contributed by atoms with Gasteiger partial charge in [0.15, 0.2) is 0 Å². The molecule has 1 fully saturated rings. The average Bonchev–Trinajstić information content (AvgIpc) is 2.45. The van der Waals surface area contributed by atoms with Crippen LogP contribution in [0.4, 0.5) is 5.82 Å². The molecular weight excluding hydrogens is 250 g/mol. The molecule has 0 atom stereocenters. The Morgan fingerprint density at radius 3 is 2.90 bits per heavy atom. The normalized spacial score (nSPS) is 17.9. The zero-order valence-electron chi connectivity index (χ0n) is 11.8. The Balaban J connectivity index is 2.17. The molecule has 20 heavy (non-hydrogen) atoms. The fourth-order valence-corrected chi connectivity index (χ4v) is 2.64. The number of anilines is 1. The van der Waals surface area contributed by atoms with Crippen LogP contribution in [-0.2, 0) is 4.74 Å². The molecule has 1 saturated heterocycles. The van der Waals surface area contributed by atoms with Crippen LogP contribution in [0.2, 0.25) is 0 Å². The van der Waals surface area contributed by atoms with E-state index in [1.54, 1.807) is 0 Å². The molecule has 102 valence electrons. The number of nitrogens with zero attached hydrogens (tertiary/aromatic N) is 3. The number of aromatic nitrogens is 1. The third-order valence-corrected chi connectivity index (χ3v) is 3.73. The van der Waals surface area contributed by atoms with Crippen molar-refractivity contribution in [3.8, 4) is 6.07 Å². The van der Waals surface area contributed by atoms with Gasteiger partial charge >= 0.3 is 0 Å². The van der Waals surface area contributed by atoms with Gasteiger partial charge in [-0.15, -0.1) is 0 Å². The molecule has 4 nitrogen and oxygen atoms in total. The number of morpholine rings is 1. The Morgan fingerprint density at radius 1 is 1.35 bits per heavy atom. The number of nitriles is 1. The van der Waals surface area contributed by atoms with Crippen molar-refractivity contribution in [1.82, 2.24) is 4.98 Å². The highest BCUT2D eigenvalue weighted by Gasteiger charge is 2.33. The lowest BCUT2D eigenvalue weighted by molar-refractivity contribution is 0.0639. The molecule has 0 amide bonds. The van der Waals surface area contributed by atoms with Crippen LogP contribution in [0.15, 0.2) is 30.3 Å². The maximum atomic E-state index is 9.43. The van der Waals surface area contributed by atoms with Gasteiger partial charge < -0.3 is 9.64 Å². The Morgan fingerprint density at radius 2 is 2.15 bits per heavy atom. The maximum Gasteiger partial charge on any atom is 0.147 e. The summed E-state index contributed by atoms with van der Waals surface area (Å²) < 4.78 is 5.55. The average molecular weight is 267 g/mol. The molecule has 3 rings (SSSR count). The van der Waals surface area contributed by atoms with Gasteiger partial charge in [0.1, 0.15) is 11.9 Å². The zero-order chi connectivity index (χ0) is 14.2. The van der Waals surface area contributed by atoms with Crippen molar-refractivity contribution in [2.24, 2.45) is 0 Å². The minimum atomic E-state index is -0.153. The van der Waals surface area contributed by atoms with E-state index < -0.39 is 0 Å². The second-order valence-corrected chi connectivity index (χ2v) is 5.68. The summed E-state index contributed by atoms with van der Waals surface area (Å²) in [4.78, 5) is 6.90. The van der Waals surface area contributed by atoms with Crippen LogP contribution in [0.5, 0.6) is 0 Å². The smallest absolute Gasteiger partial charge is 0.147 e. The molecule has 1 aromatic carbocycles. The van der Waals surface area contributed by atoms with Gasteiger partial charge in [-0.05, 0) is 26.0 Å². The Kier molecular flexibility index (Phi) is 3.07. The van der Waals surface area contributed by atoms with Crippen molar-refractivity contribution in [2.75, 3.05) is 24.7 Å². The molecule has 2 aromatic rings. The molecule has 1 aliphatic rings. The van der Waals surface area contributed by atoms with E-state index in [-0.39, 0.29) is 5.54 Å². The van der Waals surface area contributed by atoms with Crippen LogP contribution in [0, 0.1) is 11.3 Å². The number of benzene rings is 1. The summed E-state index contributed by atoms with van der Waals surface area (Å²) in [6.07, 6.45) is 0. The van der Waals surface area contributed by atoms with Gasteiger partial charge in [0, 0.05) is 11.9 Å². The van der Waals surface area contributed by atoms with Crippen LogP contribution in [-0.4, -0.2) is 30.3 Å². The van der Waals surface area contributed by atoms with E-state index in [0.29, 0.717) is 18.8 Å². The van der Waals surface area contributed by atoms with Gasteiger partial charge in [-0.1, -0.05) is 18.2 Å². The third kappa shape index (κ3) is 2.10. The first kappa shape index (κ1) is 12.9. The predicted molar refractivity (Wildman–Crippen MR) is 78.7 cm³/mol. The van der Waals surface area contributed by atoms with Crippen molar-refractivity contribution in [1.29, 1.82) is 5.26 Å². The Labute approximate surface area is 118 Å². The number of rotatable bonds is 1. The first-order chi connectivity index (χ1) is 9.62. The van der Waals surface area contributed by atoms with E-state index in [9.17, 15) is 5.26 Å². The number of hydrogen-bond donors (Lipinski definition) is 0. The molecular formula is C16H17N3O. The fourth-order valence-electron chi connectivity index (χ4n) is 2.64. The summed E-state index contributed by atoms with van der Waals surface area (Å²) in [6.45, 7) is 6.30. The first-order valence-electron chi connectivity index (χ1n) is 6.77. The molecule has 0 N–H and O–H groups in total. The van der Waals surface area contributed by atoms with Gasteiger partial charge in [0.25, 0.3) is 0 Å². The van der Waals surface area contributed by atoms with Crippen LogP contribution < -0.4 is 4.90 Å². The van der Waals surface area contributed by atoms with Crippen LogP contribution in [0.3, 0.4) is 0 Å². The second kappa shape index (κ2) is 4.77. The highest BCUT2D eigenvalue weighted by molar-refractivity contribution is 5.83. The lowest BCUT2D eigenvalue weighted by atomic mass is 10.0. The van der Waals surface area contributed by atoms with E-state index in [1.165, 1.54) is 0 Å². The second-order valence-electron chi connectivity index (χ2n) is 5.68. The molecule has 0 unspecified atom stereocenters. The number of para-hydroxylation sites is 1. The van der Waals surface area contributed by atoms with Gasteiger partial charge in [0.2, 0.25) is 0 Å². The fraction of sp³-hybridized carbons (Fsp3) is 0.375. The van der Waals surface area contributed by atoms with Crippen LogP contribution >= 0.6 is 0 Å². The number of ether oxygens (including phenoxy) is 1. The van der Waals surface area contributed by atoms with E-state index in [1.807, 2.05) is 30.3 Å². The Hall–Kier alpha value is -2.12. The SMILES string of the molecule is CC1(C)COCCN1c1nc2ccccc2cc1C#N. The standard InChI is InChI=1S/C16H17N3O/c1-16(2)11-20-8-7-19(16)15-13(10-17)9-12-5-3-4-6-14(12)18-15/h3-6,9H,7-8,11H2,1-2H3. The summed E-state index contributed by atoms with van der Waals surface area (Å²) in [5.41, 5.74) is 1.39. The minimum Gasteiger partial charge on any atom is -0.377 e. The summed E-state index contributed by atoms with van der Waals surface area (Å²) in [6, 6.07) is 12.1. The van der Waals surface area contributed by atoms with Gasteiger partial charge in [-0.2, -0.15) is 5.26 Å². The van der Waals surface area contributed by atoms with Crippen molar-refractivity contribution in [3.05, 3.63) is 35.9 Å². The summed E-state index contributed by atoms with van der Waals surface area (Å²) in [5, 5.41) is 10.4. The molecule has 0 radical (unpaired) electrons. The highest BCUT2D eigenvalue weighted by Crippen LogP contribution is 2.30. The highest BCUT2D eigenvalue weighted by atomic mass is 16.5. The van der Waals surface area contributed by atoms with Gasteiger partial charge in [0.05, 0.1) is 29.8 Å². The number of fused-ring (bicyclic) bond motifs is 1. The summed E-state index contributed by atoms with van der Waals surface area (Å²) in [7, 11) is 0. The van der Waals surface area contributed by atoms with E-state index in [0.717, 1.165) is 23.3 Å². The first-order valence-corrected chi connectivity index (χ1v) is 6.77. The van der Waals surface area contributed by atoms with Crippen molar-refractivity contribution in [2.45, 2.75) is 19.4 Å². The molecule has 1 aromatic heterocycles. The molecule has 0 spiro atoms.